The van der Waals surface area contributed by atoms with Crippen LogP contribution in [0, 0.1) is 6.92 Å². The van der Waals surface area contributed by atoms with Crippen LogP contribution < -0.4 is 16.0 Å². The quantitative estimate of drug-likeness (QED) is 0.408. The van der Waals surface area contributed by atoms with Crippen molar-refractivity contribution in [2.75, 3.05) is 25.2 Å². The molecule has 0 fully saturated rings. The Morgan fingerprint density at radius 2 is 2.12 bits per heavy atom. The molecule has 1 aromatic heterocycles. The minimum absolute atomic E-state index is 0.351. The van der Waals surface area contributed by atoms with Crippen LogP contribution in [0.25, 0.3) is 0 Å². The van der Waals surface area contributed by atoms with Gasteiger partial charge in [0.25, 0.3) is 0 Å². The molecule has 0 amide bonds. The van der Waals surface area contributed by atoms with Crippen LogP contribution in [0.15, 0.2) is 6.07 Å². The minimum atomic E-state index is 0.351. The number of aryl methyl sites for hydroxylation is 1. The van der Waals surface area contributed by atoms with Crippen LogP contribution >= 0.6 is 0 Å². The zero-order chi connectivity index (χ0) is 11.8. The van der Waals surface area contributed by atoms with Crippen molar-refractivity contribution in [3.05, 3.63) is 11.8 Å². The molecule has 0 spiro atoms. The molecule has 3 N–H and O–H groups in total. The summed E-state index contributed by atoms with van der Waals surface area (Å²) in [5, 5.41) is 0. The van der Waals surface area contributed by atoms with Gasteiger partial charge in [0.2, 0.25) is 11.8 Å². The minimum Gasteiger partial charge on any atom is -0.475 e. The largest absolute Gasteiger partial charge is 0.475 e. The molecule has 0 unspecified atom stereocenters. The molecule has 0 saturated carbocycles. The molecule has 1 aromatic rings. The Labute approximate surface area is 95.1 Å². The molecule has 6 heteroatoms. The van der Waals surface area contributed by atoms with Crippen molar-refractivity contribution < 1.29 is 9.47 Å². The summed E-state index contributed by atoms with van der Waals surface area (Å²) in [6.07, 6.45) is 1.01. The van der Waals surface area contributed by atoms with Crippen molar-refractivity contribution in [3.8, 4) is 5.88 Å². The summed E-state index contributed by atoms with van der Waals surface area (Å²) in [5.41, 5.74) is 3.18. The topological polar surface area (TPSA) is 82.3 Å². The van der Waals surface area contributed by atoms with Gasteiger partial charge in [-0.3, -0.25) is 5.43 Å². The van der Waals surface area contributed by atoms with E-state index in [0.29, 0.717) is 25.0 Å². The van der Waals surface area contributed by atoms with Gasteiger partial charge in [0.1, 0.15) is 6.61 Å². The second-order valence-electron chi connectivity index (χ2n) is 3.28. The van der Waals surface area contributed by atoms with Gasteiger partial charge in [-0.15, -0.1) is 0 Å². The number of hydrogen-bond donors (Lipinski definition) is 2. The Kier molecular flexibility index (Phi) is 5.52. The highest BCUT2D eigenvalue weighted by Crippen LogP contribution is 2.10. The van der Waals surface area contributed by atoms with Crippen LogP contribution in [-0.4, -0.2) is 29.8 Å². The van der Waals surface area contributed by atoms with E-state index in [1.54, 1.807) is 6.07 Å². The number of ether oxygens (including phenoxy) is 2. The van der Waals surface area contributed by atoms with Crippen LogP contribution in [0.4, 0.5) is 5.95 Å². The SMILES string of the molecule is CCCOCCOc1cc(C)nc(NN)n1. The van der Waals surface area contributed by atoms with E-state index in [9.17, 15) is 0 Å². The molecule has 0 radical (unpaired) electrons. The number of aromatic nitrogens is 2. The average Bonchev–Trinajstić information content (AvgIpc) is 2.28. The molecule has 0 aliphatic rings. The highest BCUT2D eigenvalue weighted by atomic mass is 16.5. The van der Waals surface area contributed by atoms with Crippen LogP contribution in [0.5, 0.6) is 5.88 Å². The number of nitrogens with zero attached hydrogens (tertiary/aromatic N) is 2. The molecule has 0 aromatic carbocycles. The van der Waals surface area contributed by atoms with Gasteiger partial charge in [-0.1, -0.05) is 6.92 Å². The molecule has 1 heterocycles. The Hall–Kier alpha value is -1.40. The van der Waals surface area contributed by atoms with E-state index >= 15 is 0 Å². The Balaban J connectivity index is 2.38. The second-order valence-corrected chi connectivity index (χ2v) is 3.28. The van der Waals surface area contributed by atoms with Crippen molar-refractivity contribution >= 4 is 5.95 Å². The van der Waals surface area contributed by atoms with Gasteiger partial charge in [-0.25, -0.2) is 10.8 Å². The lowest BCUT2D eigenvalue weighted by atomic mass is 10.4. The maximum atomic E-state index is 5.40. The zero-order valence-electron chi connectivity index (χ0n) is 9.69. The third-order valence-electron chi connectivity index (χ3n) is 1.79. The molecule has 16 heavy (non-hydrogen) atoms. The molecule has 90 valence electrons. The first-order chi connectivity index (χ1) is 7.76. The molecule has 0 bridgehead atoms. The van der Waals surface area contributed by atoms with Gasteiger partial charge in [0.05, 0.1) is 6.61 Å². The van der Waals surface area contributed by atoms with Crippen LogP contribution in [0.3, 0.4) is 0 Å². The third-order valence-corrected chi connectivity index (χ3v) is 1.79. The van der Waals surface area contributed by atoms with E-state index in [1.807, 2.05) is 6.92 Å². The molecule has 0 aliphatic carbocycles. The monoisotopic (exact) mass is 226 g/mol. The van der Waals surface area contributed by atoms with Crippen LogP contribution in [-0.2, 0) is 4.74 Å². The van der Waals surface area contributed by atoms with Crippen molar-refractivity contribution in [1.29, 1.82) is 0 Å². The summed E-state index contributed by atoms with van der Waals surface area (Å²) in [4.78, 5) is 8.10. The maximum absolute atomic E-state index is 5.40. The van der Waals surface area contributed by atoms with Crippen molar-refractivity contribution in [3.63, 3.8) is 0 Å². The number of hydrazine groups is 1. The summed E-state index contributed by atoms with van der Waals surface area (Å²) in [6.45, 7) is 5.70. The van der Waals surface area contributed by atoms with Crippen molar-refractivity contribution in [2.45, 2.75) is 20.3 Å². The standard InChI is InChI=1S/C10H18N4O2/c1-3-4-15-5-6-16-9-7-8(2)12-10(13-9)14-11/h7H,3-6,11H2,1-2H3,(H,12,13,14). The predicted molar refractivity (Wildman–Crippen MR) is 61.2 cm³/mol. The Bertz CT molecular complexity index is 320. The first kappa shape index (κ1) is 12.7. The van der Waals surface area contributed by atoms with Gasteiger partial charge in [-0.2, -0.15) is 4.98 Å². The number of rotatable bonds is 7. The number of nitrogens with one attached hydrogen (secondary N) is 1. The molecule has 0 aliphatic heterocycles. The second kappa shape index (κ2) is 6.97. The molecule has 1 rings (SSSR count). The average molecular weight is 226 g/mol. The Morgan fingerprint density at radius 1 is 1.31 bits per heavy atom. The van der Waals surface area contributed by atoms with Crippen molar-refractivity contribution in [1.82, 2.24) is 9.97 Å². The molecular weight excluding hydrogens is 208 g/mol. The fourth-order valence-electron chi connectivity index (χ4n) is 1.13. The van der Waals surface area contributed by atoms with Gasteiger partial charge >= 0.3 is 0 Å². The first-order valence-corrected chi connectivity index (χ1v) is 5.29. The lowest BCUT2D eigenvalue weighted by Gasteiger charge is -2.07. The van der Waals surface area contributed by atoms with Gasteiger partial charge in [0.15, 0.2) is 0 Å². The lowest BCUT2D eigenvalue weighted by molar-refractivity contribution is 0.0990. The summed E-state index contributed by atoms with van der Waals surface area (Å²) in [5.74, 6) is 6.08. The summed E-state index contributed by atoms with van der Waals surface area (Å²) in [7, 11) is 0. The first-order valence-electron chi connectivity index (χ1n) is 5.29. The number of nitrogens with two attached hydrogens (primary N) is 1. The van der Waals surface area contributed by atoms with Crippen LogP contribution in [0.2, 0.25) is 0 Å². The molecular formula is C10H18N4O2. The predicted octanol–water partition coefficient (Wildman–Crippen LogP) is 0.876. The number of anilines is 1. The van der Waals surface area contributed by atoms with Gasteiger partial charge < -0.3 is 9.47 Å². The van der Waals surface area contributed by atoms with Gasteiger partial charge in [-0.05, 0) is 13.3 Å². The van der Waals surface area contributed by atoms with E-state index < -0.39 is 0 Å². The summed E-state index contributed by atoms with van der Waals surface area (Å²) in [6, 6.07) is 1.75. The van der Waals surface area contributed by atoms with E-state index in [-0.39, 0.29) is 0 Å². The highest BCUT2D eigenvalue weighted by Gasteiger charge is 2.01. The number of hydrogen-bond acceptors (Lipinski definition) is 6. The molecule has 0 saturated heterocycles. The normalized spacial score (nSPS) is 10.2. The lowest BCUT2D eigenvalue weighted by Crippen LogP contribution is -2.13. The van der Waals surface area contributed by atoms with E-state index in [0.717, 1.165) is 18.7 Å². The summed E-state index contributed by atoms with van der Waals surface area (Å²) < 4.78 is 10.7. The fourth-order valence-corrected chi connectivity index (χ4v) is 1.13. The molecule has 6 nitrogen and oxygen atoms in total. The summed E-state index contributed by atoms with van der Waals surface area (Å²) >= 11 is 0. The Morgan fingerprint density at radius 3 is 2.81 bits per heavy atom. The zero-order valence-corrected chi connectivity index (χ0v) is 9.69. The highest BCUT2D eigenvalue weighted by molar-refractivity contribution is 5.28. The third kappa shape index (κ3) is 4.41. The number of nitrogen functional groups attached to an aromatic ring is 1. The van der Waals surface area contributed by atoms with E-state index in [2.05, 4.69) is 22.3 Å². The molecule has 0 atom stereocenters. The maximum Gasteiger partial charge on any atom is 0.240 e. The van der Waals surface area contributed by atoms with Crippen LogP contribution in [0.1, 0.15) is 19.0 Å². The van der Waals surface area contributed by atoms with E-state index in [4.69, 9.17) is 15.3 Å². The smallest absolute Gasteiger partial charge is 0.240 e. The van der Waals surface area contributed by atoms with Crippen molar-refractivity contribution in [2.24, 2.45) is 5.84 Å². The van der Waals surface area contributed by atoms with Gasteiger partial charge in [0, 0.05) is 18.4 Å². The van der Waals surface area contributed by atoms with E-state index in [1.165, 1.54) is 0 Å². The fraction of sp³-hybridized carbons (Fsp3) is 0.600.